The number of rotatable bonds is 4. The first-order valence-electron chi connectivity index (χ1n) is 8.28. The molecule has 0 aliphatic heterocycles. The number of aromatic nitrogens is 3. The Labute approximate surface area is 176 Å². The third kappa shape index (κ3) is 3.53. The molecule has 0 unspecified atom stereocenters. The summed E-state index contributed by atoms with van der Waals surface area (Å²) in [5.41, 5.74) is 7.49. The molecule has 0 aliphatic rings. The number of hydrogen-bond donors (Lipinski definition) is 2. The molecule has 5 nitrogen and oxygen atoms in total. The number of hydrogen-bond acceptors (Lipinski definition) is 5. The van der Waals surface area contributed by atoms with E-state index >= 15 is 4.39 Å². The van der Waals surface area contributed by atoms with Crippen molar-refractivity contribution in [1.29, 1.82) is 0 Å². The lowest BCUT2D eigenvalue weighted by Gasteiger charge is -2.11. The zero-order valence-electron chi connectivity index (χ0n) is 14.9. The van der Waals surface area contributed by atoms with Crippen molar-refractivity contribution >= 4 is 50.4 Å². The highest BCUT2D eigenvalue weighted by atomic mass is 79.9. The molecule has 0 fully saturated rings. The molecule has 4 aromatic rings. The Morgan fingerprint density at radius 3 is 2.69 bits per heavy atom. The summed E-state index contributed by atoms with van der Waals surface area (Å²) in [5.74, 6) is -1.57. The van der Waals surface area contributed by atoms with Crippen LogP contribution < -0.4 is 10.5 Å². The molecule has 0 atom stereocenters. The maximum Gasteiger partial charge on any atom is 0.155 e. The van der Waals surface area contributed by atoms with E-state index in [0.29, 0.717) is 16.6 Å². The first kappa shape index (κ1) is 19.6. The fourth-order valence-electron chi connectivity index (χ4n) is 2.95. The number of nitrogen functional groups attached to an aromatic ring is 1. The summed E-state index contributed by atoms with van der Waals surface area (Å²) in [7, 11) is 1.78. The predicted octanol–water partition coefficient (Wildman–Crippen LogP) is 5.52. The van der Waals surface area contributed by atoms with Gasteiger partial charge in [0.15, 0.2) is 5.82 Å². The Balaban J connectivity index is 1.72. The van der Waals surface area contributed by atoms with E-state index in [9.17, 15) is 8.78 Å². The molecule has 2 aromatic heterocycles. The fraction of sp³-hybridized carbons (Fsp3) is 0.0526. The van der Waals surface area contributed by atoms with Gasteiger partial charge in [-0.25, -0.2) is 23.1 Å². The standard InChI is InChI=1S/C19H13BrF3N5S/c1-28-7-10(16-18(24)25-8-26-19(16)28)9-3-2-4-14(17(9)23)27-29-15-6-12(21)11(20)5-13(15)22/h2-8,27H,1H3,(H2,24,25,26). The van der Waals surface area contributed by atoms with Crippen molar-refractivity contribution in [1.82, 2.24) is 14.5 Å². The number of fused-ring (bicyclic) bond motifs is 1. The first-order chi connectivity index (χ1) is 13.9. The van der Waals surface area contributed by atoms with Crippen LogP contribution in [0.1, 0.15) is 0 Å². The molecule has 0 aliphatic carbocycles. The van der Waals surface area contributed by atoms with E-state index < -0.39 is 17.5 Å². The zero-order chi connectivity index (χ0) is 20.7. The maximum absolute atomic E-state index is 15.2. The summed E-state index contributed by atoms with van der Waals surface area (Å²) in [6.45, 7) is 0. The van der Waals surface area contributed by atoms with Crippen molar-refractivity contribution in [2.45, 2.75) is 4.90 Å². The molecule has 0 saturated heterocycles. The molecule has 10 heteroatoms. The van der Waals surface area contributed by atoms with E-state index in [-0.39, 0.29) is 26.4 Å². The monoisotopic (exact) mass is 479 g/mol. The van der Waals surface area contributed by atoms with Gasteiger partial charge in [0.05, 0.1) is 20.4 Å². The summed E-state index contributed by atoms with van der Waals surface area (Å²) >= 11 is 3.70. The molecular weight excluding hydrogens is 467 g/mol. The largest absolute Gasteiger partial charge is 0.383 e. The molecule has 4 rings (SSSR count). The average molecular weight is 480 g/mol. The number of nitrogens with two attached hydrogens (primary N) is 1. The minimum Gasteiger partial charge on any atom is -0.383 e. The molecule has 29 heavy (non-hydrogen) atoms. The van der Waals surface area contributed by atoms with E-state index in [4.69, 9.17) is 5.73 Å². The zero-order valence-corrected chi connectivity index (χ0v) is 17.3. The minimum absolute atomic E-state index is 0.00157. The van der Waals surface area contributed by atoms with Gasteiger partial charge in [0.25, 0.3) is 0 Å². The number of benzene rings is 2. The number of nitrogens with zero attached hydrogens (tertiary/aromatic N) is 3. The lowest BCUT2D eigenvalue weighted by molar-refractivity contribution is 0.572. The van der Waals surface area contributed by atoms with Gasteiger partial charge in [0.2, 0.25) is 0 Å². The van der Waals surface area contributed by atoms with Crippen LogP contribution in [0.15, 0.2) is 52.2 Å². The van der Waals surface area contributed by atoms with E-state index in [1.807, 2.05) is 0 Å². The molecule has 0 amide bonds. The summed E-state index contributed by atoms with van der Waals surface area (Å²) < 4.78 is 47.4. The van der Waals surface area contributed by atoms with Crippen molar-refractivity contribution < 1.29 is 13.2 Å². The van der Waals surface area contributed by atoms with E-state index in [1.165, 1.54) is 12.4 Å². The smallest absolute Gasteiger partial charge is 0.155 e. The van der Waals surface area contributed by atoms with Crippen molar-refractivity contribution in [2.75, 3.05) is 10.5 Å². The Hall–Kier alpha value is -2.72. The van der Waals surface area contributed by atoms with Crippen LogP contribution in [-0.4, -0.2) is 14.5 Å². The fourth-order valence-corrected chi connectivity index (χ4v) is 3.96. The highest BCUT2D eigenvalue weighted by Gasteiger charge is 2.18. The van der Waals surface area contributed by atoms with Gasteiger partial charge in [-0.2, -0.15) is 0 Å². The Bertz CT molecular complexity index is 1240. The van der Waals surface area contributed by atoms with E-state index in [2.05, 4.69) is 30.6 Å². The third-order valence-corrected chi connectivity index (χ3v) is 5.78. The lowest BCUT2D eigenvalue weighted by Crippen LogP contribution is -1.96. The second-order valence-electron chi connectivity index (χ2n) is 6.18. The van der Waals surface area contributed by atoms with Crippen LogP contribution in [-0.2, 0) is 7.05 Å². The number of aryl methyl sites for hydroxylation is 1. The molecule has 3 N–H and O–H groups in total. The van der Waals surface area contributed by atoms with Gasteiger partial charge >= 0.3 is 0 Å². The molecular formula is C19H13BrF3N5S. The van der Waals surface area contributed by atoms with Crippen molar-refractivity contribution in [3.63, 3.8) is 0 Å². The van der Waals surface area contributed by atoms with Crippen molar-refractivity contribution in [3.05, 3.63) is 64.8 Å². The van der Waals surface area contributed by atoms with E-state index in [1.54, 1.807) is 29.9 Å². The number of nitrogens with one attached hydrogen (secondary N) is 1. The molecule has 148 valence electrons. The predicted molar refractivity (Wildman–Crippen MR) is 112 cm³/mol. The molecule has 0 spiro atoms. The number of anilines is 2. The van der Waals surface area contributed by atoms with Crippen molar-refractivity contribution in [3.8, 4) is 11.1 Å². The molecule has 0 saturated carbocycles. The van der Waals surface area contributed by atoms with Crippen LogP contribution in [0, 0.1) is 17.5 Å². The van der Waals surface area contributed by atoms with Gasteiger partial charge in [0, 0.05) is 24.4 Å². The molecule has 0 radical (unpaired) electrons. The van der Waals surface area contributed by atoms with Gasteiger partial charge < -0.3 is 15.0 Å². The Morgan fingerprint density at radius 2 is 1.90 bits per heavy atom. The molecule has 2 heterocycles. The van der Waals surface area contributed by atoms with Crippen LogP contribution in [0.5, 0.6) is 0 Å². The second-order valence-corrected chi connectivity index (χ2v) is 7.88. The maximum atomic E-state index is 15.2. The highest BCUT2D eigenvalue weighted by molar-refractivity contribution is 9.10. The highest BCUT2D eigenvalue weighted by Crippen LogP contribution is 2.37. The topological polar surface area (TPSA) is 68.8 Å². The Morgan fingerprint density at radius 1 is 1.10 bits per heavy atom. The SMILES string of the molecule is Cn1cc(-c2cccc(NSc3cc(F)c(Br)cc3F)c2F)c2c(N)ncnc21. The quantitative estimate of drug-likeness (QED) is 0.298. The van der Waals surface area contributed by atoms with Crippen LogP contribution in [0.4, 0.5) is 24.7 Å². The van der Waals surface area contributed by atoms with Crippen LogP contribution in [0.25, 0.3) is 22.2 Å². The Kier molecular flexibility index (Phi) is 5.13. The first-order valence-corrected chi connectivity index (χ1v) is 9.89. The third-order valence-electron chi connectivity index (χ3n) is 4.32. The number of halogens is 4. The lowest BCUT2D eigenvalue weighted by atomic mass is 10.0. The van der Waals surface area contributed by atoms with Crippen molar-refractivity contribution in [2.24, 2.45) is 7.05 Å². The summed E-state index contributed by atoms with van der Waals surface area (Å²) in [6, 6.07) is 6.81. The summed E-state index contributed by atoms with van der Waals surface area (Å²) in [5, 5.41) is 0.541. The van der Waals surface area contributed by atoms with Crippen LogP contribution in [0.2, 0.25) is 0 Å². The minimum atomic E-state index is -0.633. The summed E-state index contributed by atoms with van der Waals surface area (Å²) in [4.78, 5) is 8.18. The van der Waals surface area contributed by atoms with Gasteiger partial charge in [0.1, 0.15) is 29.4 Å². The van der Waals surface area contributed by atoms with Crippen LogP contribution >= 0.6 is 27.9 Å². The van der Waals surface area contributed by atoms with Crippen LogP contribution in [0.3, 0.4) is 0 Å². The summed E-state index contributed by atoms with van der Waals surface area (Å²) in [6.07, 6.45) is 3.06. The molecule has 2 aromatic carbocycles. The van der Waals surface area contributed by atoms with Gasteiger partial charge in [-0.05, 0) is 46.1 Å². The normalized spacial score (nSPS) is 11.2. The van der Waals surface area contributed by atoms with Gasteiger partial charge in [-0.1, -0.05) is 12.1 Å². The average Bonchev–Trinajstić information content (AvgIpc) is 3.02. The van der Waals surface area contributed by atoms with E-state index in [0.717, 1.165) is 24.1 Å². The van der Waals surface area contributed by atoms with Gasteiger partial charge in [-0.3, -0.25) is 0 Å². The molecule has 0 bridgehead atoms. The van der Waals surface area contributed by atoms with Gasteiger partial charge in [-0.15, -0.1) is 0 Å². The second kappa shape index (κ2) is 7.60.